The second-order valence-electron chi connectivity index (χ2n) is 2.71. The highest BCUT2D eigenvalue weighted by Gasteiger charge is 2.11. The Labute approximate surface area is 75.7 Å². The number of aromatic nitrogens is 2. The van der Waals surface area contributed by atoms with Gasteiger partial charge in [-0.1, -0.05) is 0 Å². The van der Waals surface area contributed by atoms with E-state index in [2.05, 4.69) is 10.4 Å². The molecule has 1 aromatic rings. The average molecular weight is 185 g/mol. The van der Waals surface area contributed by atoms with Crippen molar-refractivity contribution >= 4 is 5.91 Å². The molecule has 0 atom stereocenters. The summed E-state index contributed by atoms with van der Waals surface area (Å²) in [5.74, 6) is -0.275. The predicted octanol–water partition coefficient (Wildman–Crippen LogP) is 0.428. The highest BCUT2D eigenvalue weighted by atomic mass is 19.1. The number of aryl methyl sites for hydroxylation is 1. The number of rotatable bonds is 3. The van der Waals surface area contributed by atoms with Crippen molar-refractivity contribution in [2.45, 2.75) is 6.92 Å². The first-order valence-electron chi connectivity index (χ1n) is 3.99. The zero-order chi connectivity index (χ0) is 9.84. The maximum Gasteiger partial charge on any atom is 0.254 e. The fourth-order valence-corrected chi connectivity index (χ4v) is 0.978. The Morgan fingerprint density at radius 3 is 2.92 bits per heavy atom. The summed E-state index contributed by atoms with van der Waals surface area (Å²) in [7, 11) is 1.75. The van der Waals surface area contributed by atoms with E-state index in [0.29, 0.717) is 5.56 Å². The summed E-state index contributed by atoms with van der Waals surface area (Å²) < 4.78 is 13.3. The summed E-state index contributed by atoms with van der Waals surface area (Å²) in [6.07, 6.45) is 1.48. The van der Waals surface area contributed by atoms with Gasteiger partial charge < -0.3 is 5.32 Å². The molecule has 1 heterocycles. The first-order valence-corrected chi connectivity index (χ1v) is 3.99. The van der Waals surface area contributed by atoms with E-state index in [1.165, 1.54) is 6.20 Å². The molecule has 1 N–H and O–H groups in total. The van der Waals surface area contributed by atoms with E-state index in [-0.39, 0.29) is 12.5 Å². The van der Waals surface area contributed by atoms with E-state index >= 15 is 0 Å². The molecule has 0 aliphatic heterocycles. The monoisotopic (exact) mass is 185 g/mol. The Morgan fingerprint density at radius 2 is 2.46 bits per heavy atom. The lowest BCUT2D eigenvalue weighted by atomic mass is 10.2. The number of halogens is 1. The van der Waals surface area contributed by atoms with E-state index < -0.39 is 6.67 Å². The molecule has 0 radical (unpaired) electrons. The first-order chi connectivity index (χ1) is 6.16. The van der Waals surface area contributed by atoms with Crippen molar-refractivity contribution in [2.75, 3.05) is 13.2 Å². The Bertz CT molecular complexity index is 308. The molecule has 1 amide bonds. The number of carbonyl (C=O) groups excluding carboxylic acids is 1. The molecular formula is C8H12FN3O. The topological polar surface area (TPSA) is 46.9 Å². The number of nitrogens with zero attached hydrogens (tertiary/aromatic N) is 2. The summed E-state index contributed by atoms with van der Waals surface area (Å²) in [5.41, 5.74) is 1.27. The summed E-state index contributed by atoms with van der Waals surface area (Å²) in [5, 5.41) is 6.34. The van der Waals surface area contributed by atoms with Crippen LogP contribution in [-0.2, 0) is 7.05 Å². The van der Waals surface area contributed by atoms with Gasteiger partial charge in [0, 0.05) is 19.3 Å². The van der Waals surface area contributed by atoms with Gasteiger partial charge in [0.2, 0.25) is 0 Å². The Morgan fingerprint density at radius 1 is 1.77 bits per heavy atom. The zero-order valence-electron chi connectivity index (χ0n) is 7.67. The fourth-order valence-electron chi connectivity index (χ4n) is 0.978. The molecule has 1 rings (SSSR count). The fraction of sp³-hybridized carbons (Fsp3) is 0.500. The molecule has 0 bridgehead atoms. The van der Waals surface area contributed by atoms with E-state index in [9.17, 15) is 9.18 Å². The minimum Gasteiger partial charge on any atom is -0.349 e. The largest absolute Gasteiger partial charge is 0.349 e. The van der Waals surface area contributed by atoms with Crippen molar-refractivity contribution in [1.82, 2.24) is 15.1 Å². The van der Waals surface area contributed by atoms with Gasteiger partial charge in [-0.05, 0) is 6.92 Å². The molecule has 13 heavy (non-hydrogen) atoms. The van der Waals surface area contributed by atoms with Crippen LogP contribution in [0.5, 0.6) is 0 Å². The highest BCUT2D eigenvalue weighted by molar-refractivity contribution is 5.94. The number of carbonyl (C=O) groups is 1. The number of amides is 1. The lowest BCUT2D eigenvalue weighted by molar-refractivity contribution is 0.0950. The Balaban J connectivity index is 2.71. The van der Waals surface area contributed by atoms with Crippen LogP contribution in [-0.4, -0.2) is 28.9 Å². The van der Waals surface area contributed by atoms with Crippen molar-refractivity contribution < 1.29 is 9.18 Å². The molecule has 0 saturated carbocycles. The highest BCUT2D eigenvalue weighted by Crippen LogP contribution is 2.04. The standard InChI is InChI=1S/C8H12FN3O/c1-6-7(5-11-12(6)2)8(13)10-4-3-9/h5H,3-4H2,1-2H3,(H,10,13). The molecule has 0 aliphatic rings. The van der Waals surface area contributed by atoms with E-state index in [0.717, 1.165) is 5.69 Å². The number of hydrogen-bond donors (Lipinski definition) is 1. The van der Waals surface area contributed by atoms with E-state index in [1.54, 1.807) is 18.7 Å². The van der Waals surface area contributed by atoms with Gasteiger partial charge in [0.25, 0.3) is 5.91 Å². The summed E-state index contributed by atoms with van der Waals surface area (Å²) >= 11 is 0. The first kappa shape index (κ1) is 9.70. The number of hydrogen-bond acceptors (Lipinski definition) is 2. The normalized spacial score (nSPS) is 10.1. The molecule has 5 heteroatoms. The van der Waals surface area contributed by atoms with Gasteiger partial charge in [0.1, 0.15) is 6.67 Å². The maximum atomic E-state index is 11.7. The van der Waals surface area contributed by atoms with Gasteiger partial charge >= 0.3 is 0 Å². The van der Waals surface area contributed by atoms with Crippen molar-refractivity contribution in [3.63, 3.8) is 0 Å². The predicted molar refractivity (Wildman–Crippen MR) is 46.3 cm³/mol. The second-order valence-corrected chi connectivity index (χ2v) is 2.71. The minimum absolute atomic E-state index is 0.0488. The quantitative estimate of drug-likeness (QED) is 0.742. The van der Waals surface area contributed by atoms with Crippen LogP contribution >= 0.6 is 0 Å². The van der Waals surface area contributed by atoms with Gasteiger partial charge in [0.05, 0.1) is 11.8 Å². The lowest BCUT2D eigenvalue weighted by Crippen LogP contribution is -2.25. The molecule has 0 spiro atoms. The van der Waals surface area contributed by atoms with Crippen molar-refractivity contribution in [2.24, 2.45) is 7.05 Å². The molecule has 72 valence electrons. The summed E-state index contributed by atoms with van der Waals surface area (Å²) in [6.45, 7) is 1.29. The van der Waals surface area contributed by atoms with Crippen LogP contribution in [0.4, 0.5) is 4.39 Å². The molecule has 4 nitrogen and oxygen atoms in total. The van der Waals surface area contributed by atoms with Crippen LogP contribution in [0, 0.1) is 6.92 Å². The molecular weight excluding hydrogens is 173 g/mol. The van der Waals surface area contributed by atoms with Crippen LogP contribution in [0.25, 0.3) is 0 Å². The molecule has 0 unspecified atom stereocenters. The number of alkyl halides is 1. The van der Waals surface area contributed by atoms with Gasteiger partial charge in [-0.15, -0.1) is 0 Å². The van der Waals surface area contributed by atoms with Gasteiger partial charge in [-0.3, -0.25) is 9.48 Å². The molecule has 0 aliphatic carbocycles. The van der Waals surface area contributed by atoms with Crippen molar-refractivity contribution in [3.05, 3.63) is 17.5 Å². The lowest BCUT2D eigenvalue weighted by Gasteiger charge is -2.01. The Kier molecular flexibility index (Phi) is 3.00. The van der Waals surface area contributed by atoms with Crippen LogP contribution in [0.3, 0.4) is 0 Å². The van der Waals surface area contributed by atoms with E-state index in [1.807, 2.05) is 0 Å². The van der Waals surface area contributed by atoms with Crippen LogP contribution in [0.15, 0.2) is 6.20 Å². The average Bonchev–Trinajstić information content (AvgIpc) is 2.44. The third kappa shape index (κ3) is 2.05. The summed E-state index contributed by atoms with van der Waals surface area (Å²) in [6, 6.07) is 0. The third-order valence-electron chi connectivity index (χ3n) is 1.86. The molecule has 1 aromatic heterocycles. The molecule has 0 saturated heterocycles. The molecule has 0 aromatic carbocycles. The smallest absolute Gasteiger partial charge is 0.254 e. The van der Waals surface area contributed by atoms with Crippen molar-refractivity contribution in [1.29, 1.82) is 0 Å². The minimum atomic E-state index is -0.551. The third-order valence-corrected chi connectivity index (χ3v) is 1.86. The van der Waals surface area contributed by atoms with Crippen LogP contribution in [0.2, 0.25) is 0 Å². The summed E-state index contributed by atoms with van der Waals surface area (Å²) in [4.78, 5) is 11.3. The Hall–Kier alpha value is -1.39. The van der Waals surface area contributed by atoms with Gasteiger partial charge in [-0.25, -0.2) is 4.39 Å². The van der Waals surface area contributed by atoms with Crippen molar-refractivity contribution in [3.8, 4) is 0 Å². The SMILES string of the molecule is Cc1c(C(=O)NCCF)cnn1C. The maximum absolute atomic E-state index is 11.7. The van der Waals surface area contributed by atoms with E-state index in [4.69, 9.17) is 0 Å². The van der Waals surface area contributed by atoms with Crippen LogP contribution in [0.1, 0.15) is 16.1 Å². The molecule has 0 fully saturated rings. The second kappa shape index (κ2) is 4.02. The van der Waals surface area contributed by atoms with Crippen LogP contribution < -0.4 is 5.32 Å². The van der Waals surface area contributed by atoms with Gasteiger partial charge in [-0.2, -0.15) is 5.10 Å². The zero-order valence-corrected chi connectivity index (χ0v) is 7.67. The number of nitrogens with one attached hydrogen (secondary N) is 1. The van der Waals surface area contributed by atoms with Gasteiger partial charge in [0.15, 0.2) is 0 Å².